The molecule has 0 saturated heterocycles. The molecule has 14 heavy (non-hydrogen) atoms. The molecule has 70 valence electrons. The van der Waals surface area contributed by atoms with Gasteiger partial charge in [-0.15, -0.1) is 0 Å². The molecule has 0 spiro atoms. The van der Waals surface area contributed by atoms with Crippen molar-refractivity contribution in [2.24, 2.45) is 0 Å². The van der Waals surface area contributed by atoms with Gasteiger partial charge in [0.05, 0.1) is 0 Å². The van der Waals surface area contributed by atoms with E-state index < -0.39 is 5.76 Å². The number of carbonyl (C=O) groups excluding carboxylic acids is 1. The first-order chi connectivity index (χ1) is 6.66. The smallest absolute Gasteiger partial charge is 0.408 e. The number of hydrogen-bond donors (Lipinski definition) is 0. The second kappa shape index (κ2) is 3.06. The lowest BCUT2D eigenvalue weighted by Gasteiger charge is -1.97. The predicted molar refractivity (Wildman–Crippen MR) is 50.3 cm³/mol. The molecule has 0 N–H and O–H groups in total. The first-order valence-corrected chi connectivity index (χ1v) is 4.08. The lowest BCUT2D eigenvalue weighted by atomic mass is 10.1. The Morgan fingerprint density at radius 1 is 1.43 bits per heavy atom. The summed E-state index contributed by atoms with van der Waals surface area (Å²) >= 11 is 0. The highest BCUT2D eigenvalue weighted by molar-refractivity contribution is 5.97. The van der Waals surface area contributed by atoms with Crippen LogP contribution in [-0.2, 0) is 0 Å². The van der Waals surface area contributed by atoms with Crippen molar-refractivity contribution in [2.75, 3.05) is 0 Å². The lowest BCUT2D eigenvalue weighted by Crippen LogP contribution is -2.02. The summed E-state index contributed by atoms with van der Waals surface area (Å²) in [6.45, 7) is 1.46. The van der Waals surface area contributed by atoms with Gasteiger partial charge in [-0.3, -0.25) is 4.79 Å². The summed E-state index contributed by atoms with van der Waals surface area (Å²) in [5.41, 5.74) is 0.907. The Labute approximate surface area is 79.2 Å². The second-order valence-corrected chi connectivity index (χ2v) is 2.93. The molecule has 1 heterocycles. The van der Waals surface area contributed by atoms with Crippen molar-refractivity contribution < 1.29 is 9.21 Å². The fraction of sp³-hybridized carbons (Fsp3) is 0.100. The maximum absolute atomic E-state index is 11.0. The fourth-order valence-electron chi connectivity index (χ4n) is 1.19. The number of rotatable bonds is 1. The maximum Gasteiger partial charge on any atom is 0.439 e. The molecule has 1 aromatic heterocycles. The van der Waals surface area contributed by atoms with Crippen LogP contribution in [0.25, 0.3) is 11.0 Å². The van der Waals surface area contributed by atoms with E-state index in [0.717, 1.165) is 0 Å². The van der Waals surface area contributed by atoms with Crippen LogP contribution in [0.5, 0.6) is 0 Å². The van der Waals surface area contributed by atoms with Crippen LogP contribution in [-0.4, -0.2) is 10.8 Å². The van der Waals surface area contributed by atoms with Crippen molar-refractivity contribution in [1.82, 2.24) is 4.98 Å². The van der Waals surface area contributed by atoms with Gasteiger partial charge in [-0.25, -0.2) is 4.79 Å². The van der Waals surface area contributed by atoms with Crippen molar-refractivity contribution in [3.05, 3.63) is 40.5 Å². The summed E-state index contributed by atoms with van der Waals surface area (Å²) in [7, 11) is 0. The number of fused-ring (bicyclic) bond motifs is 1. The SMILES string of the molecule is CC(=O)c1ccc2cnc(=O)oc2c1. The average molecular weight is 189 g/mol. The molecular weight excluding hydrogens is 182 g/mol. The molecule has 2 aromatic rings. The van der Waals surface area contributed by atoms with Crippen LogP contribution in [0, 0.1) is 0 Å². The van der Waals surface area contributed by atoms with E-state index in [9.17, 15) is 9.59 Å². The zero-order valence-corrected chi connectivity index (χ0v) is 7.48. The molecule has 2 rings (SSSR count). The summed E-state index contributed by atoms with van der Waals surface area (Å²) in [6, 6.07) is 4.91. The van der Waals surface area contributed by atoms with Crippen molar-refractivity contribution >= 4 is 16.8 Å². The largest absolute Gasteiger partial charge is 0.439 e. The molecule has 0 aliphatic rings. The zero-order chi connectivity index (χ0) is 10.1. The van der Waals surface area contributed by atoms with Crippen LogP contribution in [0.4, 0.5) is 0 Å². The molecule has 0 unspecified atom stereocenters. The monoisotopic (exact) mass is 189 g/mol. The van der Waals surface area contributed by atoms with E-state index in [-0.39, 0.29) is 5.78 Å². The molecule has 0 atom stereocenters. The van der Waals surface area contributed by atoms with Gasteiger partial charge in [0, 0.05) is 17.1 Å². The number of Topliss-reactive ketones (excluding diaryl/α,β-unsaturated/α-hetero) is 1. The molecule has 1 aromatic carbocycles. The Morgan fingerprint density at radius 3 is 2.93 bits per heavy atom. The number of benzene rings is 1. The molecule has 0 aliphatic heterocycles. The molecule has 0 radical (unpaired) electrons. The molecule has 0 bridgehead atoms. The number of ketones is 1. The van der Waals surface area contributed by atoms with Gasteiger partial charge >= 0.3 is 5.76 Å². The summed E-state index contributed by atoms with van der Waals surface area (Å²) in [5, 5.41) is 0.703. The quantitative estimate of drug-likeness (QED) is 0.636. The van der Waals surface area contributed by atoms with E-state index in [1.54, 1.807) is 18.2 Å². The van der Waals surface area contributed by atoms with E-state index >= 15 is 0 Å². The van der Waals surface area contributed by atoms with Crippen molar-refractivity contribution in [1.29, 1.82) is 0 Å². The minimum absolute atomic E-state index is 0.0636. The van der Waals surface area contributed by atoms with Gasteiger partial charge in [0.25, 0.3) is 0 Å². The van der Waals surface area contributed by atoms with Gasteiger partial charge in [-0.2, -0.15) is 4.98 Å². The molecule has 0 saturated carbocycles. The van der Waals surface area contributed by atoms with Gasteiger partial charge in [0.15, 0.2) is 5.78 Å². The van der Waals surface area contributed by atoms with Crippen molar-refractivity contribution in [2.45, 2.75) is 6.92 Å². The number of carbonyl (C=O) groups is 1. The molecule has 0 amide bonds. The standard InChI is InChI=1S/C10H7NO3/c1-6(12)7-2-3-8-5-11-10(13)14-9(8)4-7/h2-5H,1H3. The fourth-order valence-corrected chi connectivity index (χ4v) is 1.19. The Kier molecular flexibility index (Phi) is 1.89. The topological polar surface area (TPSA) is 60.2 Å². The third kappa shape index (κ3) is 1.42. The number of nitrogens with zero attached hydrogens (tertiary/aromatic N) is 1. The maximum atomic E-state index is 11.0. The van der Waals surface area contributed by atoms with Crippen LogP contribution in [0.15, 0.2) is 33.6 Å². The average Bonchev–Trinajstić information content (AvgIpc) is 2.16. The van der Waals surface area contributed by atoms with Crippen LogP contribution in [0.2, 0.25) is 0 Å². The van der Waals surface area contributed by atoms with E-state index in [1.807, 2.05) is 0 Å². The van der Waals surface area contributed by atoms with Crippen LogP contribution in [0.1, 0.15) is 17.3 Å². The highest BCUT2D eigenvalue weighted by Crippen LogP contribution is 2.13. The third-order valence-corrected chi connectivity index (χ3v) is 1.93. The zero-order valence-electron chi connectivity index (χ0n) is 7.48. The van der Waals surface area contributed by atoms with Gasteiger partial charge in [0.2, 0.25) is 0 Å². The number of aromatic nitrogens is 1. The normalized spacial score (nSPS) is 10.4. The minimum atomic E-state index is -0.654. The number of hydrogen-bond acceptors (Lipinski definition) is 4. The van der Waals surface area contributed by atoms with Gasteiger partial charge in [-0.1, -0.05) is 6.07 Å². The summed E-state index contributed by atoms with van der Waals surface area (Å²) in [4.78, 5) is 25.3. The Bertz CT molecular complexity index is 557. The molecule has 4 nitrogen and oxygen atoms in total. The first-order valence-electron chi connectivity index (χ1n) is 4.08. The van der Waals surface area contributed by atoms with E-state index in [4.69, 9.17) is 4.42 Å². The van der Waals surface area contributed by atoms with Crippen molar-refractivity contribution in [3.63, 3.8) is 0 Å². The van der Waals surface area contributed by atoms with Crippen LogP contribution < -0.4 is 5.76 Å². The van der Waals surface area contributed by atoms with Crippen LogP contribution >= 0.6 is 0 Å². The Hall–Kier alpha value is -1.97. The third-order valence-electron chi connectivity index (χ3n) is 1.93. The van der Waals surface area contributed by atoms with Crippen LogP contribution in [0.3, 0.4) is 0 Å². The molecule has 0 fully saturated rings. The second-order valence-electron chi connectivity index (χ2n) is 2.93. The molecule has 0 aliphatic carbocycles. The first kappa shape index (κ1) is 8.62. The highest BCUT2D eigenvalue weighted by Gasteiger charge is 2.02. The summed E-state index contributed by atoms with van der Waals surface area (Å²) < 4.78 is 4.83. The Balaban J connectivity index is 2.75. The molecular formula is C10H7NO3. The minimum Gasteiger partial charge on any atom is -0.408 e. The van der Waals surface area contributed by atoms with Gasteiger partial charge in [0.1, 0.15) is 5.58 Å². The summed E-state index contributed by atoms with van der Waals surface area (Å²) in [6.07, 6.45) is 1.42. The van der Waals surface area contributed by atoms with Gasteiger partial charge in [-0.05, 0) is 19.1 Å². The Morgan fingerprint density at radius 2 is 2.21 bits per heavy atom. The predicted octanol–water partition coefficient (Wildman–Crippen LogP) is 1.39. The van der Waals surface area contributed by atoms with E-state index in [0.29, 0.717) is 16.5 Å². The van der Waals surface area contributed by atoms with Gasteiger partial charge < -0.3 is 4.42 Å². The lowest BCUT2D eigenvalue weighted by molar-refractivity contribution is 0.101. The summed E-state index contributed by atoms with van der Waals surface area (Å²) in [5.74, 6) is -0.718. The molecule has 4 heteroatoms. The highest BCUT2D eigenvalue weighted by atomic mass is 16.4. The van der Waals surface area contributed by atoms with E-state index in [2.05, 4.69) is 4.98 Å². The van der Waals surface area contributed by atoms with E-state index in [1.165, 1.54) is 13.1 Å². The van der Waals surface area contributed by atoms with Crippen molar-refractivity contribution in [3.8, 4) is 0 Å².